The highest BCUT2D eigenvalue weighted by molar-refractivity contribution is 5.89. The number of carbonyl (C=O) groups is 1. The molecule has 1 N–H and O–H groups in total. The molecule has 21 heavy (non-hydrogen) atoms. The SMILES string of the molecule is CCCCCCOC(=Cc1ccc(OCC)cc1)C(=O)O. The lowest BCUT2D eigenvalue weighted by Gasteiger charge is -2.07. The van der Waals surface area contributed by atoms with Crippen molar-refractivity contribution in [2.24, 2.45) is 0 Å². The van der Waals surface area contributed by atoms with Gasteiger partial charge < -0.3 is 14.6 Å². The number of rotatable bonds is 10. The van der Waals surface area contributed by atoms with Crippen LogP contribution >= 0.6 is 0 Å². The molecule has 0 radical (unpaired) electrons. The number of unbranched alkanes of at least 4 members (excludes halogenated alkanes) is 3. The fraction of sp³-hybridized carbons (Fsp3) is 0.471. The van der Waals surface area contributed by atoms with Crippen molar-refractivity contribution in [3.05, 3.63) is 35.6 Å². The number of hydrogen-bond donors (Lipinski definition) is 1. The van der Waals surface area contributed by atoms with Gasteiger partial charge in [-0.3, -0.25) is 0 Å². The van der Waals surface area contributed by atoms with E-state index < -0.39 is 5.97 Å². The number of carboxylic acid groups (broad SMARTS) is 1. The Morgan fingerprint density at radius 3 is 2.43 bits per heavy atom. The smallest absolute Gasteiger partial charge is 0.371 e. The zero-order valence-electron chi connectivity index (χ0n) is 12.8. The highest BCUT2D eigenvalue weighted by Crippen LogP contribution is 2.15. The lowest BCUT2D eigenvalue weighted by Crippen LogP contribution is -2.06. The molecule has 1 rings (SSSR count). The molecule has 0 aromatic heterocycles. The van der Waals surface area contributed by atoms with E-state index in [1.807, 2.05) is 31.2 Å². The second-order valence-corrected chi connectivity index (χ2v) is 4.72. The number of carboxylic acids is 1. The minimum Gasteiger partial charge on any atom is -0.494 e. The summed E-state index contributed by atoms with van der Waals surface area (Å²) in [6.07, 6.45) is 5.77. The molecule has 4 heteroatoms. The van der Waals surface area contributed by atoms with Gasteiger partial charge in [-0.25, -0.2) is 4.79 Å². The van der Waals surface area contributed by atoms with Crippen molar-refractivity contribution in [1.82, 2.24) is 0 Å². The van der Waals surface area contributed by atoms with Gasteiger partial charge >= 0.3 is 5.97 Å². The minimum atomic E-state index is -1.04. The molecule has 0 bridgehead atoms. The third-order valence-corrected chi connectivity index (χ3v) is 2.96. The van der Waals surface area contributed by atoms with E-state index in [-0.39, 0.29) is 5.76 Å². The lowest BCUT2D eigenvalue weighted by atomic mass is 10.2. The van der Waals surface area contributed by atoms with Crippen LogP contribution in [-0.4, -0.2) is 24.3 Å². The summed E-state index contributed by atoms with van der Waals surface area (Å²) in [5.41, 5.74) is 0.782. The van der Waals surface area contributed by atoms with Crippen LogP contribution in [-0.2, 0) is 9.53 Å². The average Bonchev–Trinajstić information content (AvgIpc) is 2.47. The maximum atomic E-state index is 11.2. The first-order valence-corrected chi connectivity index (χ1v) is 7.48. The van der Waals surface area contributed by atoms with E-state index in [4.69, 9.17) is 14.6 Å². The highest BCUT2D eigenvalue weighted by atomic mass is 16.5. The molecule has 0 fully saturated rings. The summed E-state index contributed by atoms with van der Waals surface area (Å²) in [5, 5.41) is 9.16. The van der Waals surface area contributed by atoms with Crippen molar-refractivity contribution in [3.63, 3.8) is 0 Å². The van der Waals surface area contributed by atoms with E-state index >= 15 is 0 Å². The van der Waals surface area contributed by atoms with E-state index in [0.717, 1.165) is 37.0 Å². The third-order valence-electron chi connectivity index (χ3n) is 2.96. The quantitative estimate of drug-likeness (QED) is 0.400. The maximum absolute atomic E-state index is 11.2. The zero-order valence-corrected chi connectivity index (χ0v) is 12.8. The number of hydrogen-bond acceptors (Lipinski definition) is 3. The molecule has 1 aromatic rings. The molecule has 0 aliphatic carbocycles. The molecule has 0 aliphatic heterocycles. The molecule has 4 nitrogen and oxygen atoms in total. The van der Waals surface area contributed by atoms with Crippen LogP contribution in [0.2, 0.25) is 0 Å². The first-order valence-electron chi connectivity index (χ1n) is 7.48. The fourth-order valence-corrected chi connectivity index (χ4v) is 1.85. The largest absolute Gasteiger partial charge is 0.494 e. The van der Waals surface area contributed by atoms with Gasteiger partial charge in [0.05, 0.1) is 13.2 Å². The molecule has 0 saturated carbocycles. The molecule has 116 valence electrons. The van der Waals surface area contributed by atoms with Crippen molar-refractivity contribution >= 4 is 12.0 Å². The van der Waals surface area contributed by atoms with Crippen molar-refractivity contribution in [2.45, 2.75) is 39.5 Å². The van der Waals surface area contributed by atoms with Crippen molar-refractivity contribution in [3.8, 4) is 5.75 Å². The van der Waals surface area contributed by atoms with Crippen LogP contribution in [0.4, 0.5) is 0 Å². The molecule has 1 aromatic carbocycles. The Kier molecular flexibility index (Phi) is 8.02. The molecule has 0 atom stereocenters. The van der Waals surface area contributed by atoms with Crippen LogP contribution in [0.25, 0.3) is 6.08 Å². The molecule has 0 aliphatic rings. The van der Waals surface area contributed by atoms with Crippen LogP contribution in [0.3, 0.4) is 0 Å². The number of aliphatic carboxylic acids is 1. The Morgan fingerprint density at radius 2 is 1.86 bits per heavy atom. The van der Waals surface area contributed by atoms with Gasteiger partial charge in [-0.1, -0.05) is 38.3 Å². The normalized spacial score (nSPS) is 11.2. The summed E-state index contributed by atoms with van der Waals surface area (Å²) < 4.78 is 10.7. The van der Waals surface area contributed by atoms with Gasteiger partial charge in [0.2, 0.25) is 5.76 Å². The number of benzene rings is 1. The van der Waals surface area contributed by atoms with E-state index in [9.17, 15) is 4.79 Å². The van der Waals surface area contributed by atoms with Crippen LogP contribution < -0.4 is 4.74 Å². The predicted octanol–water partition coefficient (Wildman–Crippen LogP) is 4.11. The van der Waals surface area contributed by atoms with Crippen LogP contribution in [0.1, 0.15) is 45.1 Å². The average molecular weight is 292 g/mol. The summed E-state index contributed by atoms with van der Waals surface area (Å²) >= 11 is 0. The van der Waals surface area contributed by atoms with Crippen molar-refractivity contribution < 1.29 is 19.4 Å². The molecule has 0 saturated heterocycles. The highest BCUT2D eigenvalue weighted by Gasteiger charge is 2.08. The molecule has 0 amide bonds. The lowest BCUT2D eigenvalue weighted by molar-refractivity contribution is -0.136. The summed E-state index contributed by atoms with van der Waals surface area (Å²) in [7, 11) is 0. The van der Waals surface area contributed by atoms with Crippen LogP contribution in [0.15, 0.2) is 30.0 Å². The van der Waals surface area contributed by atoms with E-state index in [1.54, 1.807) is 0 Å². The third kappa shape index (κ3) is 6.84. The first-order chi connectivity index (χ1) is 10.2. The topological polar surface area (TPSA) is 55.8 Å². The van der Waals surface area contributed by atoms with Gasteiger partial charge in [0.1, 0.15) is 5.75 Å². The van der Waals surface area contributed by atoms with Gasteiger partial charge in [0, 0.05) is 0 Å². The van der Waals surface area contributed by atoms with Gasteiger partial charge in [-0.15, -0.1) is 0 Å². The van der Waals surface area contributed by atoms with Crippen LogP contribution in [0, 0.1) is 0 Å². The first kappa shape index (κ1) is 17.1. The number of ether oxygens (including phenoxy) is 2. The molecule has 0 spiro atoms. The molecular weight excluding hydrogens is 268 g/mol. The van der Waals surface area contributed by atoms with Gasteiger partial charge in [-0.05, 0) is 37.1 Å². The summed E-state index contributed by atoms with van der Waals surface area (Å²) in [5.74, 6) is -0.290. The Hall–Kier alpha value is -1.97. The van der Waals surface area contributed by atoms with Crippen molar-refractivity contribution in [2.75, 3.05) is 13.2 Å². The standard InChI is InChI=1S/C17H24O4/c1-3-5-6-7-12-21-16(17(18)19)13-14-8-10-15(11-9-14)20-4-2/h8-11,13H,3-7,12H2,1-2H3,(H,18,19). The second-order valence-electron chi connectivity index (χ2n) is 4.72. The minimum absolute atomic E-state index is 0.0179. The second kappa shape index (κ2) is 9.86. The Balaban J connectivity index is 2.59. The van der Waals surface area contributed by atoms with E-state index in [1.165, 1.54) is 6.08 Å². The predicted molar refractivity (Wildman–Crippen MR) is 83.3 cm³/mol. The van der Waals surface area contributed by atoms with Gasteiger partial charge in [-0.2, -0.15) is 0 Å². The molecular formula is C17H24O4. The van der Waals surface area contributed by atoms with E-state index in [0.29, 0.717) is 13.2 Å². The summed E-state index contributed by atoms with van der Waals surface area (Å²) in [6, 6.07) is 7.26. The maximum Gasteiger partial charge on any atom is 0.371 e. The molecule has 0 heterocycles. The Morgan fingerprint density at radius 1 is 1.14 bits per heavy atom. The van der Waals surface area contributed by atoms with Gasteiger partial charge in [0.15, 0.2) is 0 Å². The van der Waals surface area contributed by atoms with E-state index in [2.05, 4.69) is 6.92 Å². The van der Waals surface area contributed by atoms with Crippen LogP contribution in [0.5, 0.6) is 5.75 Å². The zero-order chi connectivity index (χ0) is 15.5. The Labute approximate surface area is 126 Å². The Bertz CT molecular complexity index is 448. The van der Waals surface area contributed by atoms with Gasteiger partial charge in [0.25, 0.3) is 0 Å². The van der Waals surface area contributed by atoms with Crippen molar-refractivity contribution in [1.29, 1.82) is 0 Å². The summed E-state index contributed by atoms with van der Waals surface area (Å²) in [6.45, 7) is 5.10. The monoisotopic (exact) mass is 292 g/mol. The fourth-order valence-electron chi connectivity index (χ4n) is 1.85. The molecule has 0 unspecified atom stereocenters. The summed E-state index contributed by atoms with van der Waals surface area (Å²) in [4.78, 5) is 11.2.